The van der Waals surface area contributed by atoms with E-state index in [2.05, 4.69) is 15.5 Å². The minimum atomic E-state index is 0.382. The lowest BCUT2D eigenvalue weighted by molar-refractivity contribution is 0.415. The number of aromatic nitrogens is 1. The highest BCUT2D eigenvalue weighted by Crippen LogP contribution is 2.24. The number of para-hydroxylation sites is 1. The Labute approximate surface area is 143 Å². The van der Waals surface area contributed by atoms with Crippen LogP contribution in [0, 0.1) is 0 Å². The van der Waals surface area contributed by atoms with Gasteiger partial charge in [-0.15, -0.1) is 0 Å². The molecule has 0 atom stereocenters. The van der Waals surface area contributed by atoms with Crippen molar-refractivity contribution in [1.82, 2.24) is 4.98 Å². The fraction of sp³-hybridized carbons (Fsp3) is 0.0588. The van der Waals surface area contributed by atoms with E-state index in [0.29, 0.717) is 15.7 Å². The Hall–Kier alpha value is -2.30. The minimum absolute atomic E-state index is 0.382. The highest BCUT2D eigenvalue weighted by molar-refractivity contribution is 6.33. The Morgan fingerprint density at radius 1 is 1.13 bits per heavy atom. The lowest BCUT2D eigenvalue weighted by atomic mass is 10.1. The number of halogens is 2. The molecule has 0 unspecified atom stereocenters. The van der Waals surface area contributed by atoms with Gasteiger partial charge in [0.1, 0.15) is 10.9 Å². The predicted octanol–water partition coefficient (Wildman–Crippen LogP) is 5.00. The second-order valence-electron chi connectivity index (χ2n) is 4.78. The van der Waals surface area contributed by atoms with Crippen molar-refractivity contribution < 1.29 is 4.74 Å². The molecule has 0 aliphatic heterocycles. The SMILES string of the molecule is COc1ccc2nc(Cl)c(/C=N\Nc3ccccc3Cl)cc2c1. The number of hydrazone groups is 1. The molecule has 0 radical (unpaired) electrons. The van der Waals surface area contributed by atoms with E-state index in [-0.39, 0.29) is 0 Å². The average Bonchev–Trinajstić information content (AvgIpc) is 2.56. The first-order chi connectivity index (χ1) is 11.2. The van der Waals surface area contributed by atoms with Gasteiger partial charge in [-0.25, -0.2) is 4.98 Å². The molecule has 1 N–H and O–H groups in total. The maximum absolute atomic E-state index is 6.20. The number of ether oxygens (including phenoxy) is 1. The Balaban J connectivity index is 1.88. The van der Waals surface area contributed by atoms with Crippen molar-refractivity contribution in [2.45, 2.75) is 0 Å². The van der Waals surface area contributed by atoms with E-state index in [0.717, 1.165) is 22.3 Å². The van der Waals surface area contributed by atoms with Gasteiger partial charge in [-0.3, -0.25) is 5.43 Å². The van der Waals surface area contributed by atoms with Gasteiger partial charge in [-0.05, 0) is 36.4 Å². The topological polar surface area (TPSA) is 46.5 Å². The van der Waals surface area contributed by atoms with Crippen LogP contribution in [-0.2, 0) is 0 Å². The van der Waals surface area contributed by atoms with E-state index in [9.17, 15) is 0 Å². The molecule has 0 bridgehead atoms. The first kappa shape index (κ1) is 15.6. The number of nitrogens with zero attached hydrogens (tertiary/aromatic N) is 2. The van der Waals surface area contributed by atoms with Crippen LogP contribution in [0.25, 0.3) is 10.9 Å². The van der Waals surface area contributed by atoms with Gasteiger partial charge in [0.2, 0.25) is 0 Å². The van der Waals surface area contributed by atoms with Crippen LogP contribution in [0.2, 0.25) is 10.2 Å². The summed E-state index contributed by atoms with van der Waals surface area (Å²) in [5.74, 6) is 0.763. The minimum Gasteiger partial charge on any atom is -0.497 e. The molecule has 3 rings (SSSR count). The zero-order chi connectivity index (χ0) is 16.2. The van der Waals surface area contributed by atoms with Crippen LogP contribution in [0.5, 0.6) is 5.75 Å². The molecule has 4 nitrogen and oxygen atoms in total. The first-order valence-electron chi connectivity index (χ1n) is 6.85. The van der Waals surface area contributed by atoms with Gasteiger partial charge in [0, 0.05) is 10.9 Å². The van der Waals surface area contributed by atoms with Gasteiger partial charge in [0.25, 0.3) is 0 Å². The fourth-order valence-corrected chi connectivity index (χ4v) is 2.46. The molecule has 0 fully saturated rings. The van der Waals surface area contributed by atoms with Crippen molar-refractivity contribution in [1.29, 1.82) is 0 Å². The number of anilines is 1. The van der Waals surface area contributed by atoms with Crippen LogP contribution in [0.15, 0.2) is 53.6 Å². The number of pyridine rings is 1. The van der Waals surface area contributed by atoms with Gasteiger partial charge in [-0.2, -0.15) is 5.10 Å². The normalized spacial score (nSPS) is 11.1. The molecule has 1 heterocycles. The summed E-state index contributed by atoms with van der Waals surface area (Å²) in [6.07, 6.45) is 1.61. The maximum Gasteiger partial charge on any atom is 0.138 e. The molecule has 0 saturated heterocycles. The number of fused-ring (bicyclic) bond motifs is 1. The van der Waals surface area contributed by atoms with E-state index in [1.165, 1.54) is 0 Å². The number of rotatable bonds is 4. The second-order valence-corrected chi connectivity index (χ2v) is 5.54. The lowest BCUT2D eigenvalue weighted by Crippen LogP contribution is -1.94. The molecule has 1 aromatic heterocycles. The van der Waals surface area contributed by atoms with Crippen molar-refractivity contribution in [2.75, 3.05) is 12.5 Å². The molecule has 23 heavy (non-hydrogen) atoms. The number of methoxy groups -OCH3 is 1. The number of benzene rings is 2. The molecule has 2 aromatic carbocycles. The number of nitrogens with one attached hydrogen (secondary N) is 1. The third-order valence-corrected chi connectivity index (χ3v) is 3.90. The van der Waals surface area contributed by atoms with Gasteiger partial charge >= 0.3 is 0 Å². The van der Waals surface area contributed by atoms with Crippen LogP contribution in [-0.4, -0.2) is 18.3 Å². The number of hydrogen-bond acceptors (Lipinski definition) is 4. The van der Waals surface area contributed by atoms with Gasteiger partial charge in [0.05, 0.1) is 29.6 Å². The van der Waals surface area contributed by atoms with E-state index >= 15 is 0 Å². The summed E-state index contributed by atoms with van der Waals surface area (Å²) in [6, 6.07) is 14.9. The van der Waals surface area contributed by atoms with E-state index in [1.807, 2.05) is 42.5 Å². The average molecular weight is 346 g/mol. The quantitative estimate of drug-likeness (QED) is 0.411. The third kappa shape index (κ3) is 3.55. The lowest BCUT2D eigenvalue weighted by Gasteiger charge is -2.05. The Bertz CT molecular complexity index is 881. The van der Waals surface area contributed by atoms with E-state index < -0.39 is 0 Å². The van der Waals surface area contributed by atoms with Crippen molar-refractivity contribution in [2.24, 2.45) is 5.10 Å². The van der Waals surface area contributed by atoms with E-state index in [4.69, 9.17) is 27.9 Å². The monoisotopic (exact) mass is 345 g/mol. The molecule has 0 spiro atoms. The highest BCUT2D eigenvalue weighted by atomic mass is 35.5. The molecule has 3 aromatic rings. The van der Waals surface area contributed by atoms with Crippen molar-refractivity contribution >= 4 is 46.0 Å². The predicted molar refractivity (Wildman–Crippen MR) is 96.0 cm³/mol. The van der Waals surface area contributed by atoms with Crippen molar-refractivity contribution in [3.05, 3.63) is 64.3 Å². The van der Waals surface area contributed by atoms with Crippen LogP contribution >= 0.6 is 23.2 Å². The smallest absolute Gasteiger partial charge is 0.138 e. The molecule has 0 aliphatic carbocycles. The Morgan fingerprint density at radius 3 is 2.74 bits per heavy atom. The van der Waals surface area contributed by atoms with Gasteiger partial charge < -0.3 is 4.74 Å². The maximum atomic E-state index is 6.20. The van der Waals surface area contributed by atoms with Crippen LogP contribution in [0.3, 0.4) is 0 Å². The standard InChI is InChI=1S/C17H13Cl2N3O/c1-23-13-6-7-15-11(9-13)8-12(17(19)21-15)10-20-22-16-5-3-2-4-14(16)18/h2-10,22H,1H3/b20-10-. The molecule has 6 heteroatoms. The summed E-state index contributed by atoms with van der Waals surface area (Å²) < 4.78 is 5.22. The molecular weight excluding hydrogens is 333 g/mol. The molecule has 0 amide bonds. The van der Waals surface area contributed by atoms with Gasteiger partial charge in [-0.1, -0.05) is 35.3 Å². The summed E-state index contributed by atoms with van der Waals surface area (Å²) in [7, 11) is 1.63. The number of hydrogen-bond donors (Lipinski definition) is 1. The largest absolute Gasteiger partial charge is 0.497 e. The zero-order valence-corrected chi connectivity index (χ0v) is 13.8. The summed E-state index contributed by atoms with van der Waals surface area (Å²) in [5, 5.41) is 6.07. The fourth-order valence-electron chi connectivity index (χ4n) is 2.09. The molecule has 0 aliphatic rings. The van der Waals surface area contributed by atoms with Gasteiger partial charge in [0.15, 0.2) is 0 Å². The van der Waals surface area contributed by atoms with E-state index in [1.54, 1.807) is 19.4 Å². The summed E-state index contributed by atoms with van der Waals surface area (Å²) in [4.78, 5) is 4.36. The zero-order valence-electron chi connectivity index (χ0n) is 12.3. The summed E-state index contributed by atoms with van der Waals surface area (Å²) >= 11 is 12.3. The second kappa shape index (κ2) is 6.86. The Kier molecular flexibility index (Phi) is 4.65. The molecular formula is C17H13Cl2N3O. The molecule has 0 saturated carbocycles. The summed E-state index contributed by atoms with van der Waals surface area (Å²) in [6.45, 7) is 0. The highest BCUT2D eigenvalue weighted by Gasteiger charge is 2.04. The Morgan fingerprint density at radius 2 is 1.96 bits per heavy atom. The summed E-state index contributed by atoms with van der Waals surface area (Å²) in [5.41, 5.74) is 5.10. The first-order valence-corrected chi connectivity index (χ1v) is 7.61. The van der Waals surface area contributed by atoms with Crippen LogP contribution < -0.4 is 10.2 Å². The van der Waals surface area contributed by atoms with Crippen molar-refractivity contribution in [3.8, 4) is 5.75 Å². The third-order valence-electron chi connectivity index (χ3n) is 3.27. The van der Waals surface area contributed by atoms with Crippen molar-refractivity contribution in [3.63, 3.8) is 0 Å². The van der Waals surface area contributed by atoms with Crippen LogP contribution in [0.1, 0.15) is 5.56 Å². The molecule has 116 valence electrons. The van der Waals surface area contributed by atoms with Crippen LogP contribution in [0.4, 0.5) is 5.69 Å².